The number of hydrogen-bond acceptors (Lipinski definition) is 12. The van der Waals surface area contributed by atoms with Gasteiger partial charge in [-0.25, -0.2) is 29.1 Å². The van der Waals surface area contributed by atoms with Crippen LogP contribution in [0.3, 0.4) is 0 Å². The molecule has 0 saturated carbocycles. The van der Waals surface area contributed by atoms with Crippen LogP contribution in [0.4, 0.5) is 0 Å². The quantitative estimate of drug-likeness (QED) is 0.117. The number of aromatic nitrogens is 2. The fraction of sp³-hybridized carbons (Fsp3) is 0.100. The molecule has 0 spiro atoms. The Kier molecular flexibility index (Phi) is 8.79. The second-order valence-electron chi connectivity index (χ2n) is 11.6. The van der Waals surface area contributed by atoms with Crippen LogP contribution >= 0.6 is 0 Å². The molecule has 0 unspecified atom stereocenters. The first-order chi connectivity index (χ1) is 25.1. The summed E-state index contributed by atoms with van der Waals surface area (Å²) < 4.78 is 33.0. The second kappa shape index (κ2) is 13.7. The Bertz CT molecular complexity index is 2480. The van der Waals surface area contributed by atoms with Crippen molar-refractivity contribution >= 4 is 33.7 Å². The van der Waals surface area contributed by atoms with Gasteiger partial charge in [0, 0.05) is 11.1 Å². The minimum atomic E-state index is -0.710. The molecule has 5 aromatic carbocycles. The van der Waals surface area contributed by atoms with Crippen molar-refractivity contribution in [1.29, 1.82) is 0 Å². The van der Waals surface area contributed by atoms with E-state index in [1.54, 1.807) is 48.5 Å². The number of ether oxygens (including phenoxy) is 4. The van der Waals surface area contributed by atoms with Crippen LogP contribution < -0.4 is 30.2 Å². The number of carbonyl (C=O) groups is 2. The Labute approximate surface area is 294 Å². The Morgan fingerprint density at radius 2 is 0.942 bits per heavy atom. The SMILES string of the molecule is COc1cc(-c2nc3c(C)cccc3c(=O)o2)ccc1OC(=O)c1ccc(C(=O)Oc2ccc(-c3nc4c(C)cccc4c(=O)o3)cc2OC)cc1. The first-order valence-electron chi connectivity index (χ1n) is 15.9. The van der Waals surface area contributed by atoms with Crippen LogP contribution in [-0.2, 0) is 0 Å². The summed E-state index contributed by atoms with van der Waals surface area (Å²) in [6.07, 6.45) is 0. The maximum absolute atomic E-state index is 13.1. The fourth-order valence-corrected chi connectivity index (χ4v) is 5.56. The molecule has 0 saturated heterocycles. The molecular formula is C40H28N2O10. The summed E-state index contributed by atoms with van der Waals surface area (Å²) in [5, 5.41) is 0.744. The molecule has 258 valence electrons. The van der Waals surface area contributed by atoms with Crippen LogP contribution in [0, 0.1) is 13.8 Å². The Hall–Kier alpha value is -7.08. The summed E-state index contributed by atoms with van der Waals surface area (Å²) in [5.41, 5.74) is 2.83. The van der Waals surface area contributed by atoms with Crippen molar-refractivity contribution in [3.8, 4) is 45.9 Å². The number of benzene rings is 5. The molecule has 7 aromatic rings. The highest BCUT2D eigenvalue weighted by atomic mass is 16.6. The lowest BCUT2D eigenvalue weighted by molar-refractivity contribution is 0.0716. The van der Waals surface area contributed by atoms with E-state index in [0.717, 1.165) is 11.1 Å². The zero-order valence-corrected chi connectivity index (χ0v) is 28.2. The van der Waals surface area contributed by atoms with E-state index < -0.39 is 23.2 Å². The minimum absolute atomic E-state index is 0.0874. The van der Waals surface area contributed by atoms with E-state index >= 15 is 0 Å². The summed E-state index contributed by atoms with van der Waals surface area (Å²) in [6.45, 7) is 3.70. The molecule has 12 nitrogen and oxygen atoms in total. The van der Waals surface area contributed by atoms with Crippen molar-refractivity contribution in [1.82, 2.24) is 9.97 Å². The van der Waals surface area contributed by atoms with E-state index in [1.807, 2.05) is 26.0 Å². The maximum Gasteiger partial charge on any atom is 0.347 e. The minimum Gasteiger partial charge on any atom is -0.493 e. The average Bonchev–Trinajstić information content (AvgIpc) is 3.15. The van der Waals surface area contributed by atoms with E-state index in [1.165, 1.54) is 50.6 Å². The number of carbonyl (C=O) groups excluding carboxylic acids is 2. The van der Waals surface area contributed by atoms with Crippen molar-refractivity contribution < 1.29 is 37.4 Å². The molecule has 0 aliphatic heterocycles. The molecule has 0 fully saturated rings. The Balaban J connectivity index is 1.05. The van der Waals surface area contributed by atoms with Crippen molar-refractivity contribution in [3.05, 3.63) is 140 Å². The number of nitrogens with zero attached hydrogens (tertiary/aromatic N) is 2. The van der Waals surface area contributed by atoms with Gasteiger partial charge in [-0.3, -0.25) is 0 Å². The van der Waals surface area contributed by atoms with Gasteiger partial charge >= 0.3 is 23.2 Å². The topological polar surface area (TPSA) is 157 Å². The average molecular weight is 697 g/mol. The lowest BCUT2D eigenvalue weighted by Gasteiger charge is -2.12. The highest BCUT2D eigenvalue weighted by Gasteiger charge is 2.19. The first kappa shape index (κ1) is 33.4. The van der Waals surface area contributed by atoms with Gasteiger partial charge in [-0.15, -0.1) is 0 Å². The Morgan fingerprint density at radius 1 is 0.538 bits per heavy atom. The summed E-state index contributed by atoms with van der Waals surface area (Å²) in [7, 11) is 2.82. The van der Waals surface area contributed by atoms with Crippen molar-refractivity contribution in [2.45, 2.75) is 13.8 Å². The lowest BCUT2D eigenvalue weighted by Crippen LogP contribution is -2.12. The number of fused-ring (bicyclic) bond motifs is 2. The van der Waals surface area contributed by atoms with Crippen molar-refractivity contribution in [2.24, 2.45) is 0 Å². The molecule has 0 N–H and O–H groups in total. The standard InChI is InChI=1S/C40H28N2O10/c1-21-7-5-9-27-33(21)41-35(51-39(27)45)25-15-17-29(31(19-25)47-3)49-37(43)23-11-13-24(14-12-23)38(44)50-30-18-16-26(20-32(30)48-4)36-42-34-22(2)8-6-10-28(34)40(46)52-36/h5-20H,1-4H3. The predicted octanol–water partition coefficient (Wildman–Crippen LogP) is 7.10. The smallest absolute Gasteiger partial charge is 0.347 e. The lowest BCUT2D eigenvalue weighted by atomic mass is 10.1. The molecular weight excluding hydrogens is 668 g/mol. The molecule has 12 heteroatoms. The van der Waals surface area contributed by atoms with Gasteiger partial charge in [0.05, 0.1) is 47.2 Å². The maximum atomic E-state index is 13.1. The van der Waals surface area contributed by atoms with Gasteiger partial charge in [-0.1, -0.05) is 24.3 Å². The van der Waals surface area contributed by atoms with Gasteiger partial charge in [0.1, 0.15) is 0 Å². The van der Waals surface area contributed by atoms with Crippen molar-refractivity contribution in [2.75, 3.05) is 14.2 Å². The van der Waals surface area contributed by atoms with Gasteiger partial charge in [0.25, 0.3) is 0 Å². The van der Waals surface area contributed by atoms with E-state index in [9.17, 15) is 19.2 Å². The third-order valence-electron chi connectivity index (χ3n) is 8.30. The molecule has 0 aliphatic rings. The van der Waals surface area contributed by atoms with Gasteiger partial charge in [0.15, 0.2) is 23.0 Å². The highest BCUT2D eigenvalue weighted by Crippen LogP contribution is 2.34. The van der Waals surface area contributed by atoms with E-state index in [-0.39, 0.29) is 45.9 Å². The molecule has 2 heterocycles. The summed E-state index contributed by atoms with van der Waals surface area (Å²) in [4.78, 5) is 60.4. The van der Waals surface area contributed by atoms with Crippen LogP contribution in [0.1, 0.15) is 31.8 Å². The molecule has 0 aliphatic carbocycles. The molecule has 7 rings (SSSR count). The largest absolute Gasteiger partial charge is 0.493 e. The van der Waals surface area contributed by atoms with Gasteiger partial charge in [-0.2, -0.15) is 0 Å². The summed E-state index contributed by atoms with van der Waals surface area (Å²) in [5.74, 6) is -0.612. The molecule has 0 amide bonds. The number of hydrogen-bond donors (Lipinski definition) is 0. The van der Waals surface area contributed by atoms with Crippen LogP contribution in [0.2, 0.25) is 0 Å². The third-order valence-corrected chi connectivity index (χ3v) is 8.30. The third kappa shape index (κ3) is 6.36. The zero-order chi connectivity index (χ0) is 36.5. The summed E-state index contributed by atoms with van der Waals surface area (Å²) in [6, 6.07) is 25.5. The first-order valence-corrected chi connectivity index (χ1v) is 15.9. The van der Waals surface area contributed by atoms with Crippen LogP contribution in [0.15, 0.2) is 115 Å². The van der Waals surface area contributed by atoms with Gasteiger partial charge < -0.3 is 27.8 Å². The van der Waals surface area contributed by atoms with E-state index in [2.05, 4.69) is 9.97 Å². The van der Waals surface area contributed by atoms with Gasteiger partial charge in [0.2, 0.25) is 11.8 Å². The molecule has 0 radical (unpaired) electrons. The Morgan fingerprint density at radius 3 is 1.33 bits per heavy atom. The number of para-hydroxylation sites is 2. The van der Waals surface area contributed by atoms with Crippen molar-refractivity contribution in [3.63, 3.8) is 0 Å². The number of rotatable bonds is 8. The zero-order valence-electron chi connectivity index (χ0n) is 28.2. The van der Waals surface area contributed by atoms with E-state index in [4.69, 9.17) is 27.8 Å². The fourth-order valence-electron chi connectivity index (χ4n) is 5.56. The van der Waals surface area contributed by atoms with Crippen LogP contribution in [0.5, 0.6) is 23.0 Å². The van der Waals surface area contributed by atoms with E-state index in [0.29, 0.717) is 32.9 Å². The summed E-state index contributed by atoms with van der Waals surface area (Å²) >= 11 is 0. The molecule has 2 aromatic heterocycles. The number of esters is 2. The second-order valence-corrected chi connectivity index (χ2v) is 11.6. The predicted molar refractivity (Wildman–Crippen MR) is 190 cm³/mol. The van der Waals surface area contributed by atoms with Crippen LogP contribution in [0.25, 0.3) is 44.7 Å². The number of aryl methyl sites for hydroxylation is 2. The highest BCUT2D eigenvalue weighted by molar-refractivity contribution is 5.95. The van der Waals surface area contributed by atoms with Gasteiger partial charge in [-0.05, 0) is 97.8 Å². The number of methoxy groups -OCH3 is 2. The molecule has 0 atom stereocenters. The molecule has 52 heavy (non-hydrogen) atoms. The monoisotopic (exact) mass is 696 g/mol. The van der Waals surface area contributed by atoms with Crippen LogP contribution in [-0.4, -0.2) is 36.1 Å². The normalized spacial score (nSPS) is 11.0. The molecule has 0 bridgehead atoms.